The zero-order valence-electron chi connectivity index (χ0n) is 19.7. The first-order chi connectivity index (χ1) is 17.6. The summed E-state index contributed by atoms with van der Waals surface area (Å²) in [6.07, 6.45) is 3.72. The van der Waals surface area contributed by atoms with Crippen molar-refractivity contribution >= 4 is 40.3 Å². The molecule has 4 aromatic rings. The molecule has 1 amide bonds. The second kappa shape index (κ2) is 10.8. The van der Waals surface area contributed by atoms with Crippen LogP contribution in [0.1, 0.15) is 23.3 Å². The van der Waals surface area contributed by atoms with Crippen molar-refractivity contribution in [3.63, 3.8) is 0 Å². The number of nitrogens with one attached hydrogen (secondary N) is 3. The molecule has 0 aliphatic carbocycles. The molecule has 1 aliphatic rings. The van der Waals surface area contributed by atoms with Gasteiger partial charge in [-0.3, -0.25) is 9.78 Å². The summed E-state index contributed by atoms with van der Waals surface area (Å²) in [4.78, 5) is 20.4. The van der Waals surface area contributed by atoms with Gasteiger partial charge in [-0.25, -0.2) is 0 Å². The van der Waals surface area contributed by atoms with Crippen LogP contribution in [0.5, 0.6) is 17.2 Å². The first-order valence-electron chi connectivity index (χ1n) is 11.7. The van der Waals surface area contributed by atoms with E-state index in [1.807, 2.05) is 12.1 Å². The molecule has 0 atom stereocenters. The average Bonchev–Trinajstić information content (AvgIpc) is 3.30. The molecule has 3 N–H and O–H groups in total. The summed E-state index contributed by atoms with van der Waals surface area (Å²) < 4.78 is 17.8. The van der Waals surface area contributed by atoms with Crippen LogP contribution in [-0.2, 0) is 0 Å². The third kappa shape index (κ3) is 5.69. The van der Waals surface area contributed by atoms with Crippen LogP contribution in [0.25, 0.3) is 11.1 Å². The molecule has 0 spiro atoms. The third-order valence-corrected chi connectivity index (χ3v) is 6.21. The minimum absolute atomic E-state index is 0.270. The van der Waals surface area contributed by atoms with Gasteiger partial charge in [-0.15, -0.1) is 0 Å². The monoisotopic (exact) mass is 507 g/mol. The number of amides is 1. The standard InChI is InChI=1S/C26H26ClN5O4/c1-28-25(33)22-14-19(8-11-30-22)35-18-3-5-23-21(13-18)32-26(36-23)31-17-2-4-20(27)24(12-17)34-15-16-6-9-29-10-7-16/h2-5,8,11-14,16,29H,6-7,9-10,15H2,1H3,(H,28,33)(H,31,32). The Balaban J connectivity index is 1.27. The van der Waals surface area contributed by atoms with Crippen molar-refractivity contribution in [2.75, 3.05) is 32.1 Å². The molecule has 9 nitrogen and oxygen atoms in total. The average molecular weight is 508 g/mol. The van der Waals surface area contributed by atoms with Gasteiger partial charge < -0.3 is 29.8 Å². The highest BCUT2D eigenvalue weighted by Gasteiger charge is 2.15. The van der Waals surface area contributed by atoms with E-state index in [9.17, 15) is 4.79 Å². The molecule has 2 aromatic carbocycles. The van der Waals surface area contributed by atoms with Gasteiger partial charge in [0.1, 0.15) is 28.5 Å². The van der Waals surface area contributed by atoms with Gasteiger partial charge in [0.2, 0.25) is 0 Å². The molecule has 36 heavy (non-hydrogen) atoms. The SMILES string of the molecule is CNC(=O)c1cc(Oc2ccc3oc(Nc4ccc(Cl)c(OCC5CCNCC5)c4)nc3c2)ccn1. The van der Waals surface area contributed by atoms with Crippen molar-refractivity contribution in [1.29, 1.82) is 0 Å². The molecule has 1 aliphatic heterocycles. The van der Waals surface area contributed by atoms with Crippen LogP contribution in [0.2, 0.25) is 5.02 Å². The number of ether oxygens (including phenoxy) is 2. The Kier molecular flexibility index (Phi) is 7.20. The molecule has 3 heterocycles. The first kappa shape index (κ1) is 23.9. The van der Waals surface area contributed by atoms with Crippen molar-refractivity contribution in [2.24, 2.45) is 5.92 Å². The van der Waals surface area contributed by atoms with E-state index in [0.29, 0.717) is 51.9 Å². The molecule has 186 valence electrons. The number of benzene rings is 2. The number of halogens is 1. The van der Waals surface area contributed by atoms with Crippen LogP contribution in [0.15, 0.2) is 59.1 Å². The van der Waals surface area contributed by atoms with Crippen molar-refractivity contribution in [3.8, 4) is 17.2 Å². The Morgan fingerprint density at radius 1 is 1.14 bits per heavy atom. The van der Waals surface area contributed by atoms with E-state index < -0.39 is 0 Å². The van der Waals surface area contributed by atoms with Crippen LogP contribution in [-0.4, -0.2) is 42.6 Å². The molecular weight excluding hydrogens is 482 g/mol. The van der Waals surface area contributed by atoms with Gasteiger partial charge in [-0.2, -0.15) is 4.98 Å². The highest BCUT2D eigenvalue weighted by atomic mass is 35.5. The third-order valence-electron chi connectivity index (χ3n) is 5.90. The lowest BCUT2D eigenvalue weighted by Crippen LogP contribution is -2.30. The normalized spacial score (nSPS) is 13.9. The van der Waals surface area contributed by atoms with E-state index in [2.05, 4.69) is 25.9 Å². The summed E-state index contributed by atoms with van der Waals surface area (Å²) in [6, 6.07) is 14.4. The minimum atomic E-state index is -0.287. The van der Waals surface area contributed by atoms with Crippen molar-refractivity contribution in [2.45, 2.75) is 12.8 Å². The topological polar surface area (TPSA) is 111 Å². The molecule has 0 unspecified atom stereocenters. The number of hydrogen-bond acceptors (Lipinski definition) is 8. The van der Waals surface area contributed by atoms with E-state index in [0.717, 1.165) is 31.6 Å². The van der Waals surface area contributed by atoms with Gasteiger partial charge >= 0.3 is 0 Å². The van der Waals surface area contributed by atoms with E-state index in [-0.39, 0.29) is 11.6 Å². The van der Waals surface area contributed by atoms with Crippen molar-refractivity contribution in [1.82, 2.24) is 20.6 Å². The first-order valence-corrected chi connectivity index (χ1v) is 12.1. The maximum Gasteiger partial charge on any atom is 0.300 e. The summed E-state index contributed by atoms with van der Waals surface area (Å²) in [7, 11) is 1.55. The summed E-state index contributed by atoms with van der Waals surface area (Å²) in [5.41, 5.74) is 2.24. The van der Waals surface area contributed by atoms with Gasteiger partial charge in [-0.05, 0) is 62.2 Å². The Bertz CT molecular complexity index is 1370. The molecule has 0 saturated carbocycles. The summed E-state index contributed by atoms with van der Waals surface area (Å²) >= 11 is 6.36. The lowest BCUT2D eigenvalue weighted by molar-refractivity contribution is 0.0958. The molecule has 1 saturated heterocycles. The maximum absolute atomic E-state index is 11.8. The number of piperidine rings is 1. The number of anilines is 2. The molecular formula is C26H26ClN5O4. The number of fused-ring (bicyclic) bond motifs is 1. The minimum Gasteiger partial charge on any atom is -0.492 e. The molecule has 1 fully saturated rings. The van der Waals surface area contributed by atoms with Crippen LogP contribution in [0.4, 0.5) is 11.7 Å². The van der Waals surface area contributed by atoms with E-state index in [1.54, 1.807) is 43.4 Å². The maximum atomic E-state index is 11.8. The number of oxazole rings is 1. The highest BCUT2D eigenvalue weighted by molar-refractivity contribution is 6.32. The lowest BCUT2D eigenvalue weighted by atomic mass is 9.99. The Hall–Kier alpha value is -3.82. The number of hydrogen-bond donors (Lipinski definition) is 3. The Morgan fingerprint density at radius 2 is 1.97 bits per heavy atom. The van der Waals surface area contributed by atoms with Gasteiger partial charge in [0.15, 0.2) is 5.58 Å². The van der Waals surface area contributed by atoms with Gasteiger partial charge in [0.05, 0.1) is 11.6 Å². The smallest absolute Gasteiger partial charge is 0.300 e. The summed E-state index contributed by atoms with van der Waals surface area (Å²) in [6.45, 7) is 2.68. The van der Waals surface area contributed by atoms with E-state index >= 15 is 0 Å². The van der Waals surface area contributed by atoms with Gasteiger partial charge in [0.25, 0.3) is 11.9 Å². The van der Waals surface area contributed by atoms with Crippen LogP contribution in [0, 0.1) is 5.92 Å². The molecule has 2 aromatic heterocycles. The van der Waals surface area contributed by atoms with Crippen LogP contribution < -0.4 is 25.4 Å². The quantitative estimate of drug-likeness (QED) is 0.300. The fourth-order valence-electron chi connectivity index (χ4n) is 3.96. The predicted octanol–water partition coefficient (Wildman–Crippen LogP) is 5.15. The Morgan fingerprint density at radius 3 is 2.81 bits per heavy atom. The number of pyridine rings is 1. The Labute approximate surface area is 213 Å². The van der Waals surface area contributed by atoms with Gasteiger partial charge in [0, 0.05) is 37.1 Å². The van der Waals surface area contributed by atoms with E-state index in [4.69, 9.17) is 25.5 Å². The van der Waals surface area contributed by atoms with Crippen LogP contribution in [0.3, 0.4) is 0 Å². The molecule has 10 heteroatoms. The van der Waals surface area contributed by atoms with Crippen LogP contribution >= 0.6 is 11.6 Å². The number of carbonyl (C=O) groups is 1. The molecule has 0 radical (unpaired) electrons. The predicted molar refractivity (Wildman–Crippen MR) is 138 cm³/mol. The number of rotatable bonds is 8. The lowest BCUT2D eigenvalue weighted by Gasteiger charge is -2.23. The second-order valence-corrected chi connectivity index (χ2v) is 8.89. The molecule has 0 bridgehead atoms. The summed E-state index contributed by atoms with van der Waals surface area (Å²) in [5, 5.41) is 9.64. The fraction of sp³-hybridized carbons (Fsp3) is 0.269. The number of carbonyl (C=O) groups excluding carboxylic acids is 1. The van der Waals surface area contributed by atoms with Crippen molar-refractivity contribution in [3.05, 3.63) is 65.4 Å². The zero-order valence-corrected chi connectivity index (χ0v) is 20.5. The largest absolute Gasteiger partial charge is 0.492 e. The van der Waals surface area contributed by atoms with Gasteiger partial charge in [-0.1, -0.05) is 11.6 Å². The molecule has 5 rings (SSSR count). The zero-order chi connectivity index (χ0) is 24.9. The highest BCUT2D eigenvalue weighted by Crippen LogP contribution is 2.32. The number of aromatic nitrogens is 2. The fourth-order valence-corrected chi connectivity index (χ4v) is 4.13. The summed E-state index contributed by atoms with van der Waals surface area (Å²) in [5.74, 6) is 1.90. The number of nitrogens with zero attached hydrogens (tertiary/aromatic N) is 2. The van der Waals surface area contributed by atoms with Crippen molar-refractivity contribution < 1.29 is 18.7 Å². The second-order valence-electron chi connectivity index (χ2n) is 8.48. The van der Waals surface area contributed by atoms with E-state index in [1.165, 1.54) is 6.20 Å².